The zero-order valence-corrected chi connectivity index (χ0v) is 14.2. The topological polar surface area (TPSA) is 60.1 Å². The highest BCUT2D eigenvalue weighted by atomic mass is 16.3. The van der Waals surface area contributed by atoms with Crippen molar-refractivity contribution < 1.29 is 9.21 Å². The maximum atomic E-state index is 12.5. The number of nitrogens with zero attached hydrogens (tertiary/aromatic N) is 2. The molecule has 128 valence electrons. The van der Waals surface area contributed by atoms with Gasteiger partial charge < -0.3 is 9.73 Å². The van der Waals surface area contributed by atoms with E-state index >= 15 is 0 Å². The van der Waals surface area contributed by atoms with E-state index in [2.05, 4.69) is 27.2 Å². The normalized spacial score (nSPS) is 16.4. The van der Waals surface area contributed by atoms with Crippen molar-refractivity contribution in [2.24, 2.45) is 0 Å². The molecule has 0 spiro atoms. The van der Waals surface area contributed by atoms with E-state index in [0.29, 0.717) is 5.76 Å². The van der Waals surface area contributed by atoms with Crippen LogP contribution in [0.4, 0.5) is 0 Å². The van der Waals surface area contributed by atoms with Crippen molar-refractivity contribution in [2.75, 3.05) is 0 Å². The lowest BCUT2D eigenvalue weighted by Gasteiger charge is -2.24. The molecular formula is C20H21N3O2. The monoisotopic (exact) mass is 335 g/mol. The Bertz CT molecular complexity index is 879. The van der Waals surface area contributed by atoms with Crippen molar-refractivity contribution in [3.05, 3.63) is 77.0 Å². The van der Waals surface area contributed by atoms with E-state index in [4.69, 9.17) is 4.42 Å². The molecule has 1 aliphatic carbocycles. The molecule has 1 amide bonds. The maximum Gasteiger partial charge on any atom is 0.287 e. The molecule has 1 atom stereocenters. The highest BCUT2D eigenvalue weighted by Crippen LogP contribution is 2.30. The van der Waals surface area contributed by atoms with Crippen LogP contribution in [0.1, 0.15) is 51.8 Å². The number of aromatic nitrogens is 2. The Balaban J connectivity index is 1.55. The number of nitrogens with one attached hydrogen (secondary N) is 1. The van der Waals surface area contributed by atoms with Crippen LogP contribution >= 0.6 is 0 Å². The van der Waals surface area contributed by atoms with E-state index in [1.807, 2.05) is 31.3 Å². The Labute approximate surface area is 146 Å². The van der Waals surface area contributed by atoms with Crippen LogP contribution in [0.5, 0.6) is 0 Å². The van der Waals surface area contributed by atoms with Gasteiger partial charge in [-0.25, -0.2) is 0 Å². The largest absolute Gasteiger partial charge is 0.459 e. The smallest absolute Gasteiger partial charge is 0.287 e. The van der Waals surface area contributed by atoms with Gasteiger partial charge in [0.05, 0.1) is 25.0 Å². The molecule has 0 unspecified atom stereocenters. The van der Waals surface area contributed by atoms with Crippen molar-refractivity contribution in [1.29, 1.82) is 0 Å². The standard InChI is InChI=1S/C20H21N3O2/c1-14-10-11-25-19(14)20(24)22-17-8-5-9-18-16(17)12-21-23(18)13-15-6-3-2-4-7-15/h2-4,6-7,10-12,17H,5,8-9,13H2,1H3,(H,22,24)/t17-/m1/s1. The second kappa shape index (κ2) is 6.59. The third kappa shape index (κ3) is 3.09. The summed E-state index contributed by atoms with van der Waals surface area (Å²) >= 11 is 0. The van der Waals surface area contributed by atoms with Crippen LogP contribution in [0.3, 0.4) is 0 Å². The van der Waals surface area contributed by atoms with Crippen molar-refractivity contribution in [1.82, 2.24) is 15.1 Å². The predicted molar refractivity (Wildman–Crippen MR) is 94.4 cm³/mol. The summed E-state index contributed by atoms with van der Waals surface area (Å²) in [5.74, 6) is 0.236. The fraction of sp³-hybridized carbons (Fsp3) is 0.300. The SMILES string of the molecule is Cc1ccoc1C(=O)N[C@@H]1CCCc2c1cnn2Cc1ccccc1. The number of aryl methyl sites for hydroxylation is 1. The minimum Gasteiger partial charge on any atom is -0.459 e. The van der Waals surface area contributed by atoms with Gasteiger partial charge in [-0.15, -0.1) is 0 Å². The van der Waals surface area contributed by atoms with Crippen molar-refractivity contribution in [3.8, 4) is 0 Å². The molecule has 0 radical (unpaired) electrons. The summed E-state index contributed by atoms with van der Waals surface area (Å²) in [4.78, 5) is 12.5. The van der Waals surface area contributed by atoms with Gasteiger partial charge in [-0.2, -0.15) is 5.10 Å². The number of benzene rings is 1. The first-order chi connectivity index (χ1) is 12.2. The predicted octanol–water partition coefficient (Wildman–Crippen LogP) is 3.64. The molecule has 5 nitrogen and oxygen atoms in total. The lowest BCUT2D eigenvalue weighted by atomic mass is 9.92. The molecule has 2 heterocycles. The van der Waals surface area contributed by atoms with Crippen LogP contribution in [-0.4, -0.2) is 15.7 Å². The van der Waals surface area contributed by atoms with Crippen LogP contribution in [0, 0.1) is 6.92 Å². The number of hydrogen-bond acceptors (Lipinski definition) is 3. The minimum atomic E-state index is -0.156. The molecule has 0 saturated heterocycles. The van der Waals surface area contributed by atoms with E-state index in [9.17, 15) is 4.79 Å². The molecule has 1 N–H and O–H groups in total. The van der Waals surface area contributed by atoms with E-state index in [-0.39, 0.29) is 11.9 Å². The Morgan fingerprint density at radius 2 is 2.16 bits per heavy atom. The van der Waals surface area contributed by atoms with Crippen LogP contribution in [0.25, 0.3) is 0 Å². The number of furan rings is 1. The molecule has 3 aromatic rings. The second-order valence-electron chi connectivity index (χ2n) is 6.54. The lowest BCUT2D eigenvalue weighted by molar-refractivity contribution is 0.0903. The lowest BCUT2D eigenvalue weighted by Crippen LogP contribution is -2.31. The molecular weight excluding hydrogens is 314 g/mol. The number of fused-ring (bicyclic) bond motifs is 1. The fourth-order valence-electron chi connectivity index (χ4n) is 3.49. The Hall–Kier alpha value is -2.82. The molecule has 0 saturated carbocycles. The first-order valence-electron chi connectivity index (χ1n) is 8.66. The maximum absolute atomic E-state index is 12.5. The number of carbonyl (C=O) groups is 1. The van der Waals surface area contributed by atoms with Crippen molar-refractivity contribution in [2.45, 2.75) is 38.8 Å². The molecule has 0 fully saturated rings. The van der Waals surface area contributed by atoms with Crippen molar-refractivity contribution >= 4 is 5.91 Å². The average molecular weight is 335 g/mol. The quantitative estimate of drug-likeness (QED) is 0.792. The van der Waals surface area contributed by atoms with E-state index < -0.39 is 0 Å². The summed E-state index contributed by atoms with van der Waals surface area (Å²) in [7, 11) is 0. The summed E-state index contributed by atoms with van der Waals surface area (Å²) in [6.45, 7) is 2.64. The highest BCUT2D eigenvalue weighted by molar-refractivity contribution is 5.93. The summed E-state index contributed by atoms with van der Waals surface area (Å²) < 4.78 is 7.36. The average Bonchev–Trinajstić information content (AvgIpc) is 3.23. The number of rotatable bonds is 4. The molecule has 0 bridgehead atoms. The van der Waals surface area contributed by atoms with E-state index in [0.717, 1.165) is 36.9 Å². The van der Waals surface area contributed by atoms with Gasteiger partial charge in [0.15, 0.2) is 5.76 Å². The van der Waals surface area contributed by atoms with Gasteiger partial charge in [-0.3, -0.25) is 9.48 Å². The molecule has 2 aromatic heterocycles. The van der Waals surface area contributed by atoms with Gasteiger partial charge in [-0.1, -0.05) is 30.3 Å². The Kier molecular flexibility index (Phi) is 4.14. The van der Waals surface area contributed by atoms with Crippen molar-refractivity contribution in [3.63, 3.8) is 0 Å². The van der Waals surface area contributed by atoms with Gasteiger partial charge >= 0.3 is 0 Å². The van der Waals surface area contributed by atoms with Crippen LogP contribution in [0.2, 0.25) is 0 Å². The first kappa shape index (κ1) is 15.7. The second-order valence-corrected chi connectivity index (χ2v) is 6.54. The van der Waals surface area contributed by atoms with Crippen LogP contribution in [0.15, 0.2) is 53.3 Å². The fourth-order valence-corrected chi connectivity index (χ4v) is 3.49. The molecule has 1 aromatic carbocycles. The molecule has 4 rings (SSSR count). The van der Waals surface area contributed by atoms with Gasteiger partial charge in [0.1, 0.15) is 0 Å². The summed E-state index contributed by atoms with van der Waals surface area (Å²) in [5, 5.41) is 7.68. The Morgan fingerprint density at radius 3 is 2.92 bits per heavy atom. The molecule has 25 heavy (non-hydrogen) atoms. The summed E-state index contributed by atoms with van der Waals surface area (Å²) in [5.41, 5.74) is 4.43. The molecule has 5 heteroatoms. The van der Waals surface area contributed by atoms with E-state index in [1.54, 1.807) is 12.3 Å². The minimum absolute atomic E-state index is 0.00901. The third-order valence-electron chi connectivity index (χ3n) is 4.81. The first-order valence-corrected chi connectivity index (χ1v) is 8.66. The van der Waals surface area contributed by atoms with Gasteiger partial charge in [0.2, 0.25) is 0 Å². The number of amides is 1. The zero-order valence-electron chi connectivity index (χ0n) is 14.2. The van der Waals surface area contributed by atoms with Gasteiger partial charge in [0.25, 0.3) is 5.91 Å². The van der Waals surface area contributed by atoms with Crippen LogP contribution < -0.4 is 5.32 Å². The zero-order chi connectivity index (χ0) is 17.2. The highest BCUT2D eigenvalue weighted by Gasteiger charge is 2.27. The van der Waals surface area contributed by atoms with Gasteiger partial charge in [-0.05, 0) is 37.8 Å². The number of hydrogen-bond donors (Lipinski definition) is 1. The number of carbonyl (C=O) groups excluding carboxylic acids is 1. The molecule has 0 aliphatic heterocycles. The van der Waals surface area contributed by atoms with Crippen LogP contribution in [-0.2, 0) is 13.0 Å². The summed E-state index contributed by atoms with van der Waals surface area (Å²) in [6, 6.07) is 12.1. The van der Waals surface area contributed by atoms with E-state index in [1.165, 1.54) is 11.3 Å². The third-order valence-corrected chi connectivity index (χ3v) is 4.81. The summed E-state index contributed by atoms with van der Waals surface area (Å²) in [6.07, 6.45) is 6.41. The molecule has 1 aliphatic rings. The van der Waals surface area contributed by atoms with Gasteiger partial charge in [0, 0.05) is 16.8 Å². The Morgan fingerprint density at radius 1 is 1.32 bits per heavy atom.